The maximum absolute atomic E-state index is 12.5. The summed E-state index contributed by atoms with van der Waals surface area (Å²) in [6.07, 6.45) is 2.07. The molecule has 0 aromatic heterocycles. The Morgan fingerprint density at radius 2 is 1.96 bits per heavy atom. The normalized spacial score (nSPS) is 14.9. The molecular formula is C22H26N2O4. The van der Waals surface area contributed by atoms with Gasteiger partial charge in [0.25, 0.3) is 5.91 Å². The van der Waals surface area contributed by atoms with Gasteiger partial charge in [-0.25, -0.2) is 0 Å². The molecule has 0 spiro atoms. The van der Waals surface area contributed by atoms with Gasteiger partial charge in [0, 0.05) is 11.3 Å². The molecule has 2 aromatic carbocycles. The Morgan fingerprint density at radius 1 is 1.21 bits per heavy atom. The zero-order valence-corrected chi connectivity index (χ0v) is 16.5. The van der Waals surface area contributed by atoms with Crippen LogP contribution in [0.5, 0.6) is 11.5 Å². The first-order valence-corrected chi connectivity index (χ1v) is 9.51. The van der Waals surface area contributed by atoms with Crippen LogP contribution in [0.15, 0.2) is 42.5 Å². The van der Waals surface area contributed by atoms with Crippen molar-refractivity contribution in [3.05, 3.63) is 48.0 Å². The van der Waals surface area contributed by atoms with Crippen molar-refractivity contribution in [3.8, 4) is 11.5 Å². The van der Waals surface area contributed by atoms with Gasteiger partial charge in [0.1, 0.15) is 18.1 Å². The van der Waals surface area contributed by atoms with E-state index < -0.39 is 5.41 Å². The molecule has 2 aromatic rings. The number of unbranched alkanes of at least 4 members (excludes halogenated alkanes) is 1. The van der Waals surface area contributed by atoms with Crippen LogP contribution in [0.3, 0.4) is 0 Å². The molecule has 1 aliphatic heterocycles. The highest BCUT2D eigenvalue weighted by Gasteiger charge is 2.32. The van der Waals surface area contributed by atoms with Crippen LogP contribution in [0.25, 0.3) is 0 Å². The SMILES string of the molecule is CCCCOc1ccc(C(=O)Nc2ccc3c(c2)NC(=O)C(C)(C)CO3)cc1. The van der Waals surface area contributed by atoms with E-state index in [0.29, 0.717) is 35.9 Å². The van der Waals surface area contributed by atoms with Crippen molar-refractivity contribution < 1.29 is 19.1 Å². The van der Waals surface area contributed by atoms with Crippen molar-refractivity contribution in [3.63, 3.8) is 0 Å². The van der Waals surface area contributed by atoms with E-state index in [2.05, 4.69) is 17.6 Å². The third-order valence-corrected chi connectivity index (χ3v) is 4.57. The number of benzene rings is 2. The van der Waals surface area contributed by atoms with Crippen LogP contribution in [0.2, 0.25) is 0 Å². The first-order chi connectivity index (χ1) is 13.4. The summed E-state index contributed by atoms with van der Waals surface area (Å²) in [5.74, 6) is 0.984. The second-order valence-electron chi connectivity index (χ2n) is 7.52. The maximum atomic E-state index is 12.5. The lowest BCUT2D eigenvalue weighted by molar-refractivity contribution is -0.124. The molecule has 0 aliphatic carbocycles. The van der Waals surface area contributed by atoms with E-state index in [1.165, 1.54) is 0 Å². The van der Waals surface area contributed by atoms with Crippen molar-refractivity contribution >= 4 is 23.2 Å². The van der Waals surface area contributed by atoms with Crippen molar-refractivity contribution in [2.75, 3.05) is 23.8 Å². The third-order valence-electron chi connectivity index (χ3n) is 4.57. The summed E-state index contributed by atoms with van der Waals surface area (Å²) < 4.78 is 11.3. The van der Waals surface area contributed by atoms with Gasteiger partial charge in [-0.2, -0.15) is 0 Å². The minimum atomic E-state index is -0.622. The van der Waals surface area contributed by atoms with E-state index >= 15 is 0 Å². The zero-order valence-electron chi connectivity index (χ0n) is 16.5. The van der Waals surface area contributed by atoms with Gasteiger partial charge in [-0.05, 0) is 62.7 Å². The molecule has 6 heteroatoms. The smallest absolute Gasteiger partial charge is 0.255 e. The van der Waals surface area contributed by atoms with Crippen LogP contribution in [0, 0.1) is 5.41 Å². The molecule has 0 saturated carbocycles. The van der Waals surface area contributed by atoms with Gasteiger partial charge in [-0.1, -0.05) is 13.3 Å². The Kier molecular flexibility index (Phi) is 5.87. The van der Waals surface area contributed by atoms with Gasteiger partial charge < -0.3 is 20.1 Å². The number of ether oxygens (including phenoxy) is 2. The van der Waals surface area contributed by atoms with E-state index in [9.17, 15) is 9.59 Å². The lowest BCUT2D eigenvalue weighted by atomic mass is 9.94. The third kappa shape index (κ3) is 4.63. The van der Waals surface area contributed by atoms with Crippen LogP contribution in [0.1, 0.15) is 44.0 Å². The predicted molar refractivity (Wildman–Crippen MR) is 109 cm³/mol. The summed E-state index contributed by atoms with van der Waals surface area (Å²) >= 11 is 0. The Bertz CT molecular complexity index is 859. The quantitative estimate of drug-likeness (QED) is 0.723. The fourth-order valence-corrected chi connectivity index (χ4v) is 2.69. The highest BCUT2D eigenvalue weighted by molar-refractivity contribution is 6.05. The van der Waals surface area contributed by atoms with Crippen LogP contribution in [-0.4, -0.2) is 25.0 Å². The zero-order chi connectivity index (χ0) is 20.1. The number of anilines is 2. The molecular weight excluding hydrogens is 356 g/mol. The Hall–Kier alpha value is -3.02. The van der Waals surface area contributed by atoms with Crippen LogP contribution >= 0.6 is 0 Å². The van der Waals surface area contributed by atoms with Crippen molar-refractivity contribution in [1.29, 1.82) is 0 Å². The minimum absolute atomic E-state index is 0.117. The Morgan fingerprint density at radius 3 is 2.68 bits per heavy atom. The van der Waals surface area contributed by atoms with Crippen molar-refractivity contribution in [2.45, 2.75) is 33.6 Å². The summed E-state index contributed by atoms with van der Waals surface area (Å²) in [4.78, 5) is 24.8. The second-order valence-corrected chi connectivity index (χ2v) is 7.52. The van der Waals surface area contributed by atoms with E-state index in [1.807, 2.05) is 13.8 Å². The Labute approximate surface area is 165 Å². The van der Waals surface area contributed by atoms with Gasteiger partial charge in [0.15, 0.2) is 0 Å². The largest absolute Gasteiger partial charge is 0.494 e. The monoisotopic (exact) mass is 382 g/mol. The second kappa shape index (κ2) is 8.33. The standard InChI is InChI=1S/C22H26N2O4/c1-4-5-12-27-17-9-6-15(7-10-17)20(25)23-16-8-11-19-18(13-16)24-21(26)22(2,3)14-28-19/h6-11,13H,4-5,12,14H2,1-3H3,(H,23,25)(H,24,26). The molecule has 0 atom stereocenters. The number of nitrogens with one attached hydrogen (secondary N) is 2. The van der Waals surface area contributed by atoms with E-state index in [0.717, 1.165) is 18.6 Å². The van der Waals surface area contributed by atoms with E-state index in [1.54, 1.807) is 42.5 Å². The van der Waals surface area contributed by atoms with E-state index in [-0.39, 0.29) is 11.8 Å². The molecule has 0 fully saturated rings. The van der Waals surface area contributed by atoms with Crippen LogP contribution < -0.4 is 20.1 Å². The average molecular weight is 382 g/mol. The van der Waals surface area contributed by atoms with Gasteiger partial charge in [0.05, 0.1) is 17.7 Å². The van der Waals surface area contributed by atoms with Gasteiger partial charge in [-0.3, -0.25) is 9.59 Å². The minimum Gasteiger partial charge on any atom is -0.494 e. The van der Waals surface area contributed by atoms with Crippen molar-refractivity contribution in [2.24, 2.45) is 5.41 Å². The highest BCUT2D eigenvalue weighted by Crippen LogP contribution is 2.34. The number of rotatable bonds is 6. The number of fused-ring (bicyclic) bond motifs is 1. The molecule has 1 aliphatic rings. The van der Waals surface area contributed by atoms with Crippen molar-refractivity contribution in [1.82, 2.24) is 0 Å². The van der Waals surface area contributed by atoms with Gasteiger partial charge >= 0.3 is 0 Å². The van der Waals surface area contributed by atoms with Gasteiger partial charge in [0.2, 0.25) is 5.91 Å². The summed E-state index contributed by atoms with van der Waals surface area (Å²) in [7, 11) is 0. The average Bonchev–Trinajstić information content (AvgIpc) is 2.78. The summed E-state index contributed by atoms with van der Waals surface area (Å²) in [5.41, 5.74) is 1.03. The molecule has 3 rings (SSSR count). The highest BCUT2D eigenvalue weighted by atomic mass is 16.5. The number of carbonyl (C=O) groups is 2. The lowest BCUT2D eigenvalue weighted by Gasteiger charge is -2.18. The lowest BCUT2D eigenvalue weighted by Crippen LogP contribution is -2.33. The number of hydrogen-bond donors (Lipinski definition) is 2. The molecule has 0 bridgehead atoms. The number of hydrogen-bond acceptors (Lipinski definition) is 4. The summed E-state index contributed by atoms with van der Waals surface area (Å²) in [5, 5.41) is 5.72. The predicted octanol–water partition coefficient (Wildman–Crippen LogP) is 4.47. The van der Waals surface area contributed by atoms with Crippen LogP contribution in [0.4, 0.5) is 11.4 Å². The number of amides is 2. The molecule has 0 saturated heterocycles. The van der Waals surface area contributed by atoms with E-state index in [4.69, 9.17) is 9.47 Å². The fraction of sp³-hybridized carbons (Fsp3) is 0.364. The molecule has 28 heavy (non-hydrogen) atoms. The maximum Gasteiger partial charge on any atom is 0.255 e. The topological polar surface area (TPSA) is 76.7 Å². The molecule has 2 N–H and O–H groups in total. The molecule has 6 nitrogen and oxygen atoms in total. The molecule has 148 valence electrons. The molecule has 0 unspecified atom stereocenters. The molecule has 0 radical (unpaired) electrons. The Balaban J connectivity index is 1.67. The molecule has 2 amide bonds. The van der Waals surface area contributed by atoms with Crippen LogP contribution in [-0.2, 0) is 4.79 Å². The first-order valence-electron chi connectivity index (χ1n) is 9.51. The molecule has 1 heterocycles. The first kappa shape index (κ1) is 19.7. The number of carbonyl (C=O) groups excluding carboxylic acids is 2. The fourth-order valence-electron chi connectivity index (χ4n) is 2.69. The summed E-state index contributed by atoms with van der Waals surface area (Å²) in [6.45, 7) is 6.72. The van der Waals surface area contributed by atoms with Gasteiger partial charge in [-0.15, -0.1) is 0 Å². The summed E-state index contributed by atoms with van der Waals surface area (Å²) in [6, 6.07) is 12.2.